The molecule has 2 rings (SSSR count). The van der Waals surface area contributed by atoms with Crippen LogP contribution in [0.25, 0.3) is 0 Å². The van der Waals surface area contributed by atoms with Crippen molar-refractivity contribution in [3.05, 3.63) is 35.9 Å². The molecule has 3 unspecified atom stereocenters. The topological polar surface area (TPSA) is 21.3 Å². The Bertz CT molecular complexity index is 396. The zero-order valence-electron chi connectivity index (χ0n) is 13.4. The van der Waals surface area contributed by atoms with Gasteiger partial charge in [-0.2, -0.15) is 0 Å². The highest BCUT2D eigenvalue weighted by molar-refractivity contribution is 5.21. The second kappa shape index (κ2) is 6.73. The Hall–Kier alpha value is -0.860. The van der Waals surface area contributed by atoms with Crippen molar-refractivity contribution in [1.29, 1.82) is 0 Å². The minimum Gasteiger partial charge on any atom is -0.380 e. The fourth-order valence-corrected chi connectivity index (χ4v) is 3.28. The normalized spacial score (nSPS) is 25.4. The Morgan fingerprint density at radius 3 is 2.35 bits per heavy atom. The van der Waals surface area contributed by atoms with Gasteiger partial charge in [-0.3, -0.25) is 0 Å². The Labute approximate surface area is 123 Å². The maximum atomic E-state index is 5.69. The number of hydrogen-bond donors (Lipinski definition) is 1. The fourth-order valence-electron chi connectivity index (χ4n) is 3.28. The zero-order valence-corrected chi connectivity index (χ0v) is 13.4. The van der Waals surface area contributed by atoms with Gasteiger partial charge in [0.25, 0.3) is 0 Å². The second-order valence-electron chi connectivity index (χ2n) is 7.04. The molecule has 1 N–H and O–H groups in total. The second-order valence-corrected chi connectivity index (χ2v) is 7.04. The molecule has 1 aromatic rings. The van der Waals surface area contributed by atoms with Crippen LogP contribution in [-0.2, 0) is 4.74 Å². The lowest BCUT2D eigenvalue weighted by molar-refractivity contribution is 0.0309. The average Bonchev–Trinajstić information content (AvgIpc) is 2.45. The van der Waals surface area contributed by atoms with Gasteiger partial charge >= 0.3 is 0 Å². The Balaban J connectivity index is 2.16. The summed E-state index contributed by atoms with van der Waals surface area (Å²) in [4.78, 5) is 0. The van der Waals surface area contributed by atoms with Gasteiger partial charge in [0.1, 0.15) is 0 Å². The summed E-state index contributed by atoms with van der Waals surface area (Å²) in [6.45, 7) is 6.92. The third-order valence-corrected chi connectivity index (χ3v) is 4.38. The van der Waals surface area contributed by atoms with Gasteiger partial charge in [-0.25, -0.2) is 0 Å². The minimum atomic E-state index is 0.192. The van der Waals surface area contributed by atoms with E-state index in [1.54, 1.807) is 0 Å². The molecule has 0 amide bonds. The van der Waals surface area contributed by atoms with Gasteiger partial charge in [0.15, 0.2) is 0 Å². The Morgan fingerprint density at radius 1 is 1.10 bits per heavy atom. The molecule has 20 heavy (non-hydrogen) atoms. The molecule has 0 bridgehead atoms. The standard InChI is InChI=1S/C18H29NO/c1-18(2,3)17(14-10-6-5-7-11-14)19-15-12-8-9-13-16(15)20-4/h5-7,10-11,15-17,19H,8-9,12-13H2,1-4H3. The smallest absolute Gasteiger partial charge is 0.0724 e. The highest BCUT2D eigenvalue weighted by Gasteiger charge is 2.32. The third-order valence-electron chi connectivity index (χ3n) is 4.38. The monoisotopic (exact) mass is 275 g/mol. The van der Waals surface area contributed by atoms with Crippen molar-refractivity contribution in [1.82, 2.24) is 5.32 Å². The van der Waals surface area contributed by atoms with Crippen molar-refractivity contribution in [3.63, 3.8) is 0 Å². The van der Waals surface area contributed by atoms with Crippen molar-refractivity contribution in [3.8, 4) is 0 Å². The van der Waals surface area contributed by atoms with Gasteiger partial charge in [-0.15, -0.1) is 0 Å². The van der Waals surface area contributed by atoms with Crippen LogP contribution in [0.15, 0.2) is 30.3 Å². The number of hydrogen-bond acceptors (Lipinski definition) is 2. The van der Waals surface area contributed by atoms with Gasteiger partial charge in [-0.05, 0) is 23.8 Å². The number of benzene rings is 1. The molecule has 1 aromatic carbocycles. The molecule has 0 saturated heterocycles. The molecule has 0 heterocycles. The predicted molar refractivity (Wildman–Crippen MR) is 84.8 cm³/mol. The van der Waals surface area contributed by atoms with Gasteiger partial charge in [0, 0.05) is 19.2 Å². The van der Waals surface area contributed by atoms with E-state index in [1.807, 2.05) is 7.11 Å². The van der Waals surface area contributed by atoms with Crippen LogP contribution in [0, 0.1) is 5.41 Å². The van der Waals surface area contributed by atoms with Gasteiger partial charge in [0.05, 0.1) is 6.10 Å². The van der Waals surface area contributed by atoms with E-state index in [1.165, 1.54) is 31.2 Å². The lowest BCUT2D eigenvalue weighted by atomic mass is 9.80. The number of ether oxygens (including phenoxy) is 1. The van der Waals surface area contributed by atoms with E-state index in [-0.39, 0.29) is 5.41 Å². The Morgan fingerprint density at radius 2 is 1.75 bits per heavy atom. The fraction of sp³-hybridized carbons (Fsp3) is 0.667. The van der Waals surface area contributed by atoms with E-state index < -0.39 is 0 Å². The first-order valence-electron chi connectivity index (χ1n) is 7.86. The minimum absolute atomic E-state index is 0.192. The summed E-state index contributed by atoms with van der Waals surface area (Å²) >= 11 is 0. The molecule has 1 fully saturated rings. The summed E-state index contributed by atoms with van der Waals surface area (Å²) in [6.07, 6.45) is 5.36. The van der Waals surface area contributed by atoms with E-state index in [2.05, 4.69) is 56.4 Å². The van der Waals surface area contributed by atoms with Gasteiger partial charge in [0.2, 0.25) is 0 Å². The van der Waals surface area contributed by atoms with E-state index in [9.17, 15) is 0 Å². The molecule has 0 spiro atoms. The molecule has 0 radical (unpaired) electrons. The van der Waals surface area contributed by atoms with Crippen LogP contribution < -0.4 is 5.32 Å². The highest BCUT2D eigenvalue weighted by Crippen LogP contribution is 2.35. The maximum Gasteiger partial charge on any atom is 0.0724 e. The largest absolute Gasteiger partial charge is 0.380 e. The molecule has 2 nitrogen and oxygen atoms in total. The number of methoxy groups -OCH3 is 1. The van der Waals surface area contributed by atoms with Crippen molar-refractivity contribution in [2.45, 2.75) is 64.6 Å². The van der Waals surface area contributed by atoms with Crippen LogP contribution in [0.2, 0.25) is 0 Å². The van der Waals surface area contributed by atoms with E-state index in [4.69, 9.17) is 4.74 Å². The van der Waals surface area contributed by atoms with Crippen molar-refractivity contribution < 1.29 is 4.74 Å². The lowest BCUT2D eigenvalue weighted by Gasteiger charge is -2.39. The predicted octanol–water partition coefficient (Wildman–Crippen LogP) is 4.32. The van der Waals surface area contributed by atoms with Crippen LogP contribution in [0.1, 0.15) is 58.1 Å². The van der Waals surface area contributed by atoms with Crippen molar-refractivity contribution >= 4 is 0 Å². The van der Waals surface area contributed by atoms with Crippen LogP contribution in [0.3, 0.4) is 0 Å². The quantitative estimate of drug-likeness (QED) is 0.883. The average molecular weight is 275 g/mol. The first kappa shape index (κ1) is 15.5. The summed E-state index contributed by atoms with van der Waals surface area (Å²) in [6, 6.07) is 11.6. The van der Waals surface area contributed by atoms with E-state index >= 15 is 0 Å². The molecule has 1 aliphatic carbocycles. The first-order chi connectivity index (χ1) is 9.52. The molecule has 112 valence electrons. The Kier molecular flexibility index (Phi) is 5.22. The molecule has 0 aromatic heterocycles. The SMILES string of the molecule is COC1CCCCC1NC(c1ccccc1)C(C)(C)C. The summed E-state index contributed by atoms with van der Waals surface area (Å²) in [5.41, 5.74) is 1.57. The molecular weight excluding hydrogens is 246 g/mol. The summed E-state index contributed by atoms with van der Waals surface area (Å²) in [5, 5.41) is 3.89. The summed E-state index contributed by atoms with van der Waals surface area (Å²) < 4.78 is 5.69. The lowest BCUT2D eigenvalue weighted by Crippen LogP contribution is -2.47. The molecule has 3 atom stereocenters. The van der Waals surface area contributed by atoms with Crippen LogP contribution >= 0.6 is 0 Å². The molecule has 2 heteroatoms. The van der Waals surface area contributed by atoms with Crippen molar-refractivity contribution in [2.24, 2.45) is 5.41 Å². The van der Waals surface area contributed by atoms with Crippen LogP contribution in [-0.4, -0.2) is 19.3 Å². The molecule has 0 aliphatic heterocycles. The van der Waals surface area contributed by atoms with E-state index in [0.717, 1.165) is 0 Å². The number of rotatable bonds is 4. The molecule has 1 saturated carbocycles. The van der Waals surface area contributed by atoms with Crippen LogP contribution in [0.5, 0.6) is 0 Å². The molecule has 1 aliphatic rings. The number of nitrogens with one attached hydrogen (secondary N) is 1. The highest BCUT2D eigenvalue weighted by atomic mass is 16.5. The summed E-state index contributed by atoms with van der Waals surface area (Å²) in [7, 11) is 1.85. The molecular formula is C18H29NO. The third kappa shape index (κ3) is 3.83. The first-order valence-corrected chi connectivity index (χ1v) is 7.86. The zero-order chi connectivity index (χ0) is 14.6. The van der Waals surface area contributed by atoms with Crippen LogP contribution in [0.4, 0.5) is 0 Å². The van der Waals surface area contributed by atoms with Gasteiger partial charge in [-0.1, -0.05) is 63.9 Å². The summed E-state index contributed by atoms with van der Waals surface area (Å²) in [5.74, 6) is 0. The van der Waals surface area contributed by atoms with Crippen molar-refractivity contribution in [2.75, 3.05) is 7.11 Å². The van der Waals surface area contributed by atoms with Gasteiger partial charge < -0.3 is 10.1 Å². The maximum absolute atomic E-state index is 5.69. The van der Waals surface area contributed by atoms with E-state index in [0.29, 0.717) is 18.2 Å².